The van der Waals surface area contributed by atoms with E-state index in [1.807, 2.05) is 30.3 Å². The van der Waals surface area contributed by atoms with Gasteiger partial charge in [0, 0.05) is 6.20 Å². The fraction of sp³-hybridized carbons (Fsp3) is 0.143. The van der Waals surface area contributed by atoms with E-state index in [9.17, 15) is 4.79 Å². The lowest BCUT2D eigenvalue weighted by Crippen LogP contribution is -2.18. The maximum absolute atomic E-state index is 12.0. The van der Waals surface area contributed by atoms with Crippen LogP contribution in [0.5, 0.6) is 0 Å². The van der Waals surface area contributed by atoms with Crippen LogP contribution in [0, 0.1) is 0 Å². The zero-order valence-electron chi connectivity index (χ0n) is 9.21. The molecule has 0 aliphatic heterocycles. The van der Waals surface area contributed by atoms with Crippen LogP contribution in [0.1, 0.15) is 16.1 Å². The van der Waals surface area contributed by atoms with Gasteiger partial charge >= 0.3 is 0 Å². The van der Waals surface area contributed by atoms with Gasteiger partial charge in [-0.2, -0.15) is 0 Å². The summed E-state index contributed by atoms with van der Waals surface area (Å²) in [5.74, 6) is -0.129. The molecule has 1 aromatic carbocycles. The van der Waals surface area contributed by atoms with Crippen LogP contribution in [0.3, 0.4) is 0 Å². The largest absolute Gasteiger partial charge is 0.291 e. The first kappa shape index (κ1) is 11.8. The number of hydrogen-bond acceptors (Lipinski definition) is 2. The van der Waals surface area contributed by atoms with E-state index in [4.69, 9.17) is 11.6 Å². The highest BCUT2D eigenvalue weighted by Gasteiger charge is 2.18. The molecule has 0 saturated carbocycles. The van der Waals surface area contributed by atoms with Gasteiger partial charge in [-0.3, -0.25) is 9.78 Å². The highest BCUT2D eigenvalue weighted by molar-refractivity contribution is 6.33. The fourth-order valence-corrected chi connectivity index (χ4v) is 1.87. The van der Waals surface area contributed by atoms with Crippen molar-refractivity contribution < 1.29 is 4.79 Å². The van der Waals surface area contributed by atoms with Crippen molar-refractivity contribution in [1.29, 1.82) is 0 Å². The summed E-state index contributed by atoms with van der Waals surface area (Å²) in [6, 6.07) is 15.0. The number of benzene rings is 1. The number of nitrogens with zero attached hydrogens (tertiary/aromatic N) is 1. The van der Waals surface area contributed by atoms with Crippen LogP contribution in [0.25, 0.3) is 0 Å². The molecule has 0 aliphatic rings. The van der Waals surface area contributed by atoms with E-state index in [2.05, 4.69) is 4.98 Å². The van der Waals surface area contributed by atoms with Crippen LogP contribution in [0.4, 0.5) is 0 Å². The van der Waals surface area contributed by atoms with Crippen molar-refractivity contribution in [3.05, 3.63) is 66.0 Å². The smallest absolute Gasteiger partial charge is 0.199 e. The predicted molar refractivity (Wildman–Crippen MR) is 68.4 cm³/mol. The topological polar surface area (TPSA) is 30.0 Å². The second-order valence-electron chi connectivity index (χ2n) is 3.74. The molecule has 1 unspecified atom stereocenters. The summed E-state index contributed by atoms with van der Waals surface area (Å²) in [4.78, 5) is 16.0. The molecule has 17 heavy (non-hydrogen) atoms. The van der Waals surface area contributed by atoms with Crippen molar-refractivity contribution in [1.82, 2.24) is 4.98 Å². The standard InChI is InChI=1S/C14H12ClNO/c15-12(10-11-6-2-1-3-7-11)14(17)13-8-4-5-9-16-13/h1-9,12H,10H2. The van der Waals surface area contributed by atoms with E-state index in [0.29, 0.717) is 12.1 Å². The molecule has 0 radical (unpaired) electrons. The van der Waals surface area contributed by atoms with E-state index in [1.54, 1.807) is 24.4 Å². The molecule has 0 aliphatic carbocycles. The normalized spacial score (nSPS) is 12.1. The predicted octanol–water partition coefficient (Wildman–Crippen LogP) is 3.11. The highest BCUT2D eigenvalue weighted by atomic mass is 35.5. The third-order valence-electron chi connectivity index (χ3n) is 2.46. The van der Waals surface area contributed by atoms with Crippen LogP contribution in [-0.2, 0) is 6.42 Å². The Morgan fingerprint density at radius 2 is 1.82 bits per heavy atom. The van der Waals surface area contributed by atoms with Gasteiger partial charge in [-0.15, -0.1) is 11.6 Å². The Hall–Kier alpha value is -1.67. The third kappa shape index (κ3) is 3.14. The summed E-state index contributed by atoms with van der Waals surface area (Å²) in [6.07, 6.45) is 2.12. The van der Waals surface area contributed by atoms with Crippen LogP contribution in [0.15, 0.2) is 54.7 Å². The number of rotatable bonds is 4. The van der Waals surface area contributed by atoms with Gasteiger partial charge in [-0.1, -0.05) is 36.4 Å². The average Bonchev–Trinajstić information content (AvgIpc) is 2.40. The number of pyridine rings is 1. The summed E-state index contributed by atoms with van der Waals surface area (Å²) in [7, 11) is 0. The number of hydrogen-bond donors (Lipinski definition) is 0. The second kappa shape index (κ2) is 5.60. The van der Waals surface area contributed by atoms with Crippen LogP contribution >= 0.6 is 11.6 Å². The summed E-state index contributed by atoms with van der Waals surface area (Å²) in [5.41, 5.74) is 1.47. The quantitative estimate of drug-likeness (QED) is 0.612. The molecule has 1 heterocycles. The molecule has 1 aromatic heterocycles. The van der Waals surface area contributed by atoms with Gasteiger partial charge in [0.05, 0.1) is 0 Å². The lowest BCUT2D eigenvalue weighted by molar-refractivity contribution is 0.0982. The minimum absolute atomic E-state index is 0.129. The average molecular weight is 246 g/mol. The summed E-state index contributed by atoms with van der Waals surface area (Å²) < 4.78 is 0. The Morgan fingerprint density at radius 1 is 1.12 bits per heavy atom. The van der Waals surface area contributed by atoms with Crippen LogP contribution < -0.4 is 0 Å². The molecule has 86 valence electrons. The molecule has 0 amide bonds. The fourth-order valence-electron chi connectivity index (χ4n) is 1.58. The summed E-state index contributed by atoms with van der Waals surface area (Å²) in [5, 5.41) is -0.563. The maximum Gasteiger partial charge on any atom is 0.199 e. The first-order valence-corrected chi connectivity index (χ1v) is 5.84. The van der Waals surface area contributed by atoms with Crippen molar-refractivity contribution >= 4 is 17.4 Å². The van der Waals surface area contributed by atoms with Gasteiger partial charge < -0.3 is 0 Å². The number of aromatic nitrogens is 1. The molecule has 0 fully saturated rings. The Bertz CT molecular complexity index is 484. The molecule has 0 spiro atoms. The third-order valence-corrected chi connectivity index (χ3v) is 2.81. The first-order chi connectivity index (χ1) is 8.27. The molecule has 0 bridgehead atoms. The Balaban J connectivity index is 2.06. The first-order valence-electron chi connectivity index (χ1n) is 5.40. The second-order valence-corrected chi connectivity index (χ2v) is 4.26. The lowest BCUT2D eigenvalue weighted by atomic mass is 10.1. The monoisotopic (exact) mass is 245 g/mol. The minimum atomic E-state index is -0.563. The van der Waals surface area contributed by atoms with Crippen molar-refractivity contribution in [2.45, 2.75) is 11.8 Å². The van der Waals surface area contributed by atoms with Crippen molar-refractivity contribution in [3.8, 4) is 0 Å². The minimum Gasteiger partial charge on any atom is -0.291 e. The number of alkyl halides is 1. The molecule has 2 rings (SSSR count). The van der Waals surface area contributed by atoms with E-state index < -0.39 is 5.38 Å². The molecule has 3 heteroatoms. The van der Waals surface area contributed by atoms with Gasteiger partial charge in [0.25, 0.3) is 0 Å². The Kier molecular flexibility index (Phi) is 3.89. The van der Waals surface area contributed by atoms with Crippen LogP contribution in [0.2, 0.25) is 0 Å². The van der Waals surface area contributed by atoms with Crippen molar-refractivity contribution in [2.24, 2.45) is 0 Å². The zero-order chi connectivity index (χ0) is 12.1. The molecule has 1 atom stereocenters. The van der Waals surface area contributed by atoms with Gasteiger partial charge in [0.1, 0.15) is 11.1 Å². The SMILES string of the molecule is O=C(c1ccccn1)C(Cl)Cc1ccccc1. The molecule has 0 saturated heterocycles. The van der Waals surface area contributed by atoms with E-state index >= 15 is 0 Å². The van der Waals surface area contributed by atoms with Crippen molar-refractivity contribution in [2.75, 3.05) is 0 Å². The van der Waals surface area contributed by atoms with Crippen LogP contribution in [-0.4, -0.2) is 16.1 Å². The number of ketones is 1. The Morgan fingerprint density at radius 3 is 2.47 bits per heavy atom. The van der Waals surface area contributed by atoms with Crippen molar-refractivity contribution in [3.63, 3.8) is 0 Å². The van der Waals surface area contributed by atoms with E-state index in [-0.39, 0.29) is 5.78 Å². The molecule has 2 aromatic rings. The number of halogens is 1. The molecular weight excluding hydrogens is 234 g/mol. The zero-order valence-corrected chi connectivity index (χ0v) is 9.97. The number of carbonyl (C=O) groups is 1. The summed E-state index contributed by atoms with van der Waals surface area (Å²) in [6.45, 7) is 0. The molecule has 2 nitrogen and oxygen atoms in total. The number of carbonyl (C=O) groups excluding carboxylic acids is 1. The lowest BCUT2D eigenvalue weighted by Gasteiger charge is -2.07. The Labute approximate surface area is 105 Å². The molecule has 0 N–H and O–H groups in total. The van der Waals surface area contributed by atoms with Gasteiger partial charge in [0.15, 0.2) is 5.78 Å². The van der Waals surface area contributed by atoms with Gasteiger partial charge in [-0.05, 0) is 24.1 Å². The summed E-state index contributed by atoms with van der Waals surface area (Å²) >= 11 is 6.11. The van der Waals surface area contributed by atoms with E-state index in [1.165, 1.54) is 0 Å². The van der Waals surface area contributed by atoms with Gasteiger partial charge in [0.2, 0.25) is 0 Å². The number of Topliss-reactive ketones (excluding diaryl/α,β-unsaturated/α-hetero) is 1. The highest BCUT2D eigenvalue weighted by Crippen LogP contribution is 2.12. The molecular formula is C14H12ClNO. The van der Waals surface area contributed by atoms with E-state index in [0.717, 1.165) is 5.56 Å². The maximum atomic E-state index is 12.0. The van der Waals surface area contributed by atoms with Gasteiger partial charge in [-0.25, -0.2) is 0 Å².